The van der Waals surface area contributed by atoms with Crippen LogP contribution >= 0.6 is 0 Å². The Kier molecular flexibility index (Phi) is 6.02. The number of hydrogen-bond donors (Lipinski definition) is 2. The molecule has 1 rings (SSSR count). The molecule has 0 spiro atoms. The number of alkyl carbamates (subject to hydrolysis) is 1. The van der Waals surface area contributed by atoms with Gasteiger partial charge in [-0.2, -0.15) is 0 Å². The number of dihydropyridines is 1. The highest BCUT2D eigenvalue weighted by Crippen LogP contribution is 2.07. The lowest BCUT2D eigenvalue weighted by Crippen LogP contribution is -2.46. The lowest BCUT2D eigenvalue weighted by atomic mass is 10.1. The van der Waals surface area contributed by atoms with Gasteiger partial charge in [-0.1, -0.05) is 12.7 Å². The van der Waals surface area contributed by atoms with Gasteiger partial charge in [0, 0.05) is 0 Å². The number of carbonyl (C=O) groups is 3. The van der Waals surface area contributed by atoms with Crippen molar-refractivity contribution in [2.75, 3.05) is 13.2 Å². The zero-order chi connectivity index (χ0) is 15.0. The highest BCUT2D eigenvalue weighted by atomic mass is 16.5. The minimum Gasteiger partial charge on any atom is -0.460 e. The number of amides is 1. The van der Waals surface area contributed by atoms with Crippen LogP contribution in [0.25, 0.3) is 0 Å². The molecule has 0 bridgehead atoms. The fourth-order valence-corrected chi connectivity index (χ4v) is 1.43. The van der Waals surface area contributed by atoms with Crippen LogP contribution in [0.4, 0.5) is 4.79 Å². The van der Waals surface area contributed by atoms with Gasteiger partial charge in [-0.05, 0) is 25.3 Å². The van der Waals surface area contributed by atoms with E-state index in [1.807, 2.05) is 0 Å². The molecule has 1 aliphatic heterocycles. The van der Waals surface area contributed by atoms with Gasteiger partial charge in [0.2, 0.25) is 0 Å². The van der Waals surface area contributed by atoms with Crippen LogP contribution in [0.15, 0.2) is 36.7 Å². The topological polar surface area (TPSA) is 93.7 Å². The van der Waals surface area contributed by atoms with Crippen molar-refractivity contribution in [1.29, 1.82) is 0 Å². The first-order valence-corrected chi connectivity index (χ1v) is 5.98. The molecule has 1 heterocycles. The summed E-state index contributed by atoms with van der Waals surface area (Å²) in [6.45, 7) is 5.14. The summed E-state index contributed by atoms with van der Waals surface area (Å²) >= 11 is 0. The van der Waals surface area contributed by atoms with Crippen molar-refractivity contribution >= 4 is 17.8 Å². The number of ketones is 1. The minimum atomic E-state index is -1.00. The predicted octanol–water partition coefficient (Wildman–Crippen LogP) is 0.400. The van der Waals surface area contributed by atoms with E-state index in [9.17, 15) is 14.4 Å². The molecule has 0 aromatic carbocycles. The van der Waals surface area contributed by atoms with E-state index in [0.29, 0.717) is 0 Å². The maximum absolute atomic E-state index is 11.9. The molecule has 1 unspecified atom stereocenters. The van der Waals surface area contributed by atoms with E-state index in [4.69, 9.17) is 4.74 Å². The number of esters is 1. The summed E-state index contributed by atoms with van der Waals surface area (Å²) in [6, 6.07) is -1.00. The van der Waals surface area contributed by atoms with Crippen LogP contribution < -0.4 is 10.6 Å². The van der Waals surface area contributed by atoms with E-state index in [0.717, 1.165) is 0 Å². The number of carbonyl (C=O) groups excluding carboxylic acids is 3. The van der Waals surface area contributed by atoms with Gasteiger partial charge in [-0.3, -0.25) is 10.1 Å². The largest absolute Gasteiger partial charge is 0.460 e. The van der Waals surface area contributed by atoms with Crippen LogP contribution in [-0.2, 0) is 19.1 Å². The van der Waals surface area contributed by atoms with Crippen LogP contribution in [-0.4, -0.2) is 37.1 Å². The molecule has 1 amide bonds. The maximum atomic E-state index is 11.9. The normalized spacial score (nSPS) is 16.4. The summed E-state index contributed by atoms with van der Waals surface area (Å²) in [5.74, 6) is -1.76. The van der Waals surface area contributed by atoms with Crippen LogP contribution in [0.3, 0.4) is 0 Å². The second-order valence-corrected chi connectivity index (χ2v) is 3.68. The zero-order valence-corrected chi connectivity index (χ0v) is 11.0. The second kappa shape index (κ2) is 7.78. The maximum Gasteiger partial charge on any atom is 0.411 e. The van der Waals surface area contributed by atoms with Crippen molar-refractivity contribution in [3.05, 3.63) is 36.7 Å². The zero-order valence-electron chi connectivity index (χ0n) is 11.0. The van der Waals surface area contributed by atoms with Crippen LogP contribution in [0, 0.1) is 0 Å². The van der Waals surface area contributed by atoms with Crippen molar-refractivity contribution in [2.24, 2.45) is 0 Å². The molecule has 7 heteroatoms. The Labute approximate surface area is 116 Å². The van der Waals surface area contributed by atoms with Gasteiger partial charge in [-0.15, -0.1) is 0 Å². The van der Waals surface area contributed by atoms with Gasteiger partial charge in [0.05, 0.1) is 12.3 Å². The number of hydrogen-bond acceptors (Lipinski definition) is 6. The predicted molar refractivity (Wildman–Crippen MR) is 70.5 cm³/mol. The third-order valence-electron chi connectivity index (χ3n) is 2.26. The minimum absolute atomic E-state index is 0.0405. The SMILES string of the molecule is C=CCOC(=O)NC1=CC=CNC1C(=O)C(=O)OCC. The van der Waals surface area contributed by atoms with Crippen LogP contribution in [0.1, 0.15) is 6.92 Å². The molecule has 0 aromatic heterocycles. The molecular weight excluding hydrogens is 264 g/mol. The Bertz CT molecular complexity index is 467. The Morgan fingerprint density at radius 3 is 2.85 bits per heavy atom. The summed E-state index contributed by atoms with van der Waals surface area (Å²) in [5.41, 5.74) is 0.208. The van der Waals surface area contributed by atoms with Gasteiger partial charge in [-0.25, -0.2) is 9.59 Å². The first-order valence-electron chi connectivity index (χ1n) is 5.98. The van der Waals surface area contributed by atoms with Gasteiger partial charge in [0.15, 0.2) is 0 Å². The van der Waals surface area contributed by atoms with Crippen LogP contribution in [0.2, 0.25) is 0 Å². The lowest BCUT2D eigenvalue weighted by molar-refractivity contribution is -0.154. The van der Waals surface area contributed by atoms with Crippen molar-refractivity contribution in [1.82, 2.24) is 10.6 Å². The fraction of sp³-hybridized carbons (Fsp3) is 0.308. The summed E-state index contributed by atoms with van der Waals surface area (Å²) in [7, 11) is 0. The van der Waals surface area contributed by atoms with E-state index < -0.39 is 23.9 Å². The molecule has 108 valence electrons. The smallest absolute Gasteiger partial charge is 0.411 e. The standard InChI is InChI=1S/C13H16N2O5/c1-3-8-20-13(18)15-9-6-5-7-14-10(9)11(16)12(17)19-4-2/h3,5-7,10,14H,1,4,8H2,2H3,(H,15,18). The lowest BCUT2D eigenvalue weighted by Gasteiger charge is -2.21. The number of allylic oxidation sites excluding steroid dienone is 2. The van der Waals surface area contributed by atoms with Crippen LogP contribution in [0.5, 0.6) is 0 Å². The Hall–Kier alpha value is -2.57. The molecule has 0 aromatic rings. The Morgan fingerprint density at radius 2 is 2.20 bits per heavy atom. The molecule has 0 aliphatic carbocycles. The molecule has 1 aliphatic rings. The number of rotatable bonds is 6. The number of Topliss-reactive ketones (excluding diaryl/α,β-unsaturated/α-hetero) is 1. The van der Waals surface area contributed by atoms with Gasteiger partial charge < -0.3 is 14.8 Å². The van der Waals surface area contributed by atoms with Gasteiger partial charge >= 0.3 is 12.1 Å². The Balaban J connectivity index is 2.71. The van der Waals surface area contributed by atoms with E-state index in [1.165, 1.54) is 18.4 Å². The first-order chi connectivity index (χ1) is 9.60. The van der Waals surface area contributed by atoms with E-state index in [-0.39, 0.29) is 18.9 Å². The van der Waals surface area contributed by atoms with Crippen molar-refractivity contribution in [2.45, 2.75) is 13.0 Å². The third kappa shape index (κ3) is 4.27. The van der Waals surface area contributed by atoms with E-state index in [1.54, 1.807) is 13.0 Å². The summed E-state index contributed by atoms with van der Waals surface area (Å²) in [4.78, 5) is 34.7. The molecule has 7 nitrogen and oxygen atoms in total. The van der Waals surface area contributed by atoms with Gasteiger partial charge in [0.1, 0.15) is 12.6 Å². The molecule has 0 radical (unpaired) electrons. The summed E-state index contributed by atoms with van der Waals surface area (Å²) < 4.78 is 9.38. The highest BCUT2D eigenvalue weighted by Gasteiger charge is 2.31. The molecule has 0 saturated heterocycles. The average molecular weight is 280 g/mol. The summed E-state index contributed by atoms with van der Waals surface area (Å²) in [6.07, 6.45) is 5.23. The number of ether oxygens (including phenoxy) is 2. The molecule has 0 fully saturated rings. The average Bonchev–Trinajstić information content (AvgIpc) is 2.45. The molecule has 0 saturated carbocycles. The first kappa shape index (κ1) is 15.5. The molecule has 2 N–H and O–H groups in total. The highest BCUT2D eigenvalue weighted by molar-refractivity contribution is 6.36. The van der Waals surface area contributed by atoms with E-state index in [2.05, 4.69) is 21.9 Å². The monoisotopic (exact) mass is 280 g/mol. The Morgan fingerprint density at radius 1 is 1.45 bits per heavy atom. The number of nitrogens with one attached hydrogen (secondary N) is 2. The van der Waals surface area contributed by atoms with Crippen molar-refractivity contribution in [3.8, 4) is 0 Å². The van der Waals surface area contributed by atoms with Crippen molar-refractivity contribution in [3.63, 3.8) is 0 Å². The molecule has 20 heavy (non-hydrogen) atoms. The van der Waals surface area contributed by atoms with E-state index >= 15 is 0 Å². The fourth-order valence-electron chi connectivity index (χ4n) is 1.43. The van der Waals surface area contributed by atoms with Gasteiger partial charge in [0.25, 0.3) is 5.78 Å². The third-order valence-corrected chi connectivity index (χ3v) is 2.26. The van der Waals surface area contributed by atoms with Crippen molar-refractivity contribution < 1.29 is 23.9 Å². The quantitative estimate of drug-likeness (QED) is 0.415. The molecule has 1 atom stereocenters. The molecular formula is C13H16N2O5. The second-order valence-electron chi connectivity index (χ2n) is 3.68. The summed E-state index contributed by atoms with van der Waals surface area (Å²) in [5, 5.41) is 5.07.